The lowest BCUT2D eigenvalue weighted by Gasteiger charge is -2.23. The van der Waals surface area contributed by atoms with Crippen molar-refractivity contribution in [3.8, 4) is 12.1 Å². The molecule has 4 N–H and O–H groups in total. The number of hydrogen-bond acceptors (Lipinski definition) is 8. The number of anilines is 2. The summed E-state index contributed by atoms with van der Waals surface area (Å²) in [6.45, 7) is 6.45. The molecule has 0 fully saturated rings. The lowest BCUT2D eigenvalue weighted by atomic mass is 9.96. The van der Waals surface area contributed by atoms with Gasteiger partial charge in [-0.05, 0) is 47.4 Å². The SMILES string of the molecule is [2H][C@](Nc1cc(C#N)c2ncc(C#N)c(NCC(C)(C)C)c2c1)(C1=CN(Cc2c(F)cccc2F)NN1)c1ccc(F)cc1. The lowest BCUT2D eigenvalue weighted by molar-refractivity contribution is 0.255. The summed E-state index contributed by atoms with van der Waals surface area (Å²) in [6.07, 6.45) is 2.90. The van der Waals surface area contributed by atoms with Crippen molar-refractivity contribution in [2.45, 2.75) is 33.3 Å². The fourth-order valence-corrected chi connectivity index (χ4v) is 4.56. The Labute approximate surface area is 248 Å². The number of nitrogens with one attached hydrogen (secondary N) is 4. The summed E-state index contributed by atoms with van der Waals surface area (Å²) in [5.74, 6) is -1.94. The Morgan fingerprint density at radius 3 is 2.37 bits per heavy atom. The van der Waals surface area contributed by atoms with E-state index in [1.54, 1.807) is 6.07 Å². The van der Waals surface area contributed by atoms with Gasteiger partial charge >= 0.3 is 0 Å². The lowest BCUT2D eigenvalue weighted by Crippen LogP contribution is -2.37. The van der Waals surface area contributed by atoms with E-state index in [2.05, 4.69) is 38.7 Å². The molecule has 11 heteroatoms. The number of hydrazine groups is 2. The summed E-state index contributed by atoms with van der Waals surface area (Å²) in [5, 5.41) is 28.2. The summed E-state index contributed by atoms with van der Waals surface area (Å²) in [4.78, 5) is 4.37. The van der Waals surface area contributed by atoms with Gasteiger partial charge in [0.25, 0.3) is 0 Å². The summed E-state index contributed by atoms with van der Waals surface area (Å²) >= 11 is 0. The second-order valence-electron chi connectivity index (χ2n) is 11.2. The molecule has 0 bridgehead atoms. The highest BCUT2D eigenvalue weighted by Crippen LogP contribution is 2.34. The third-order valence-corrected chi connectivity index (χ3v) is 6.69. The first-order valence-electron chi connectivity index (χ1n) is 13.9. The summed E-state index contributed by atoms with van der Waals surface area (Å²) < 4.78 is 52.2. The van der Waals surface area contributed by atoms with E-state index in [1.807, 2.05) is 20.8 Å². The van der Waals surface area contributed by atoms with Crippen LogP contribution < -0.4 is 21.6 Å². The van der Waals surface area contributed by atoms with Crippen LogP contribution in [0.3, 0.4) is 0 Å². The van der Waals surface area contributed by atoms with E-state index in [1.165, 1.54) is 53.8 Å². The molecule has 0 unspecified atom stereocenters. The van der Waals surface area contributed by atoms with Crippen LogP contribution in [-0.2, 0) is 6.54 Å². The number of aromatic nitrogens is 1. The Kier molecular flexibility index (Phi) is 7.73. The molecule has 0 radical (unpaired) electrons. The maximum atomic E-state index is 14.4. The molecule has 1 aliphatic heterocycles. The third kappa shape index (κ3) is 6.48. The van der Waals surface area contributed by atoms with Crippen LogP contribution >= 0.6 is 0 Å². The van der Waals surface area contributed by atoms with Crippen LogP contribution in [0.4, 0.5) is 24.5 Å². The quantitative estimate of drug-likeness (QED) is 0.189. The Morgan fingerprint density at radius 1 is 1.02 bits per heavy atom. The zero-order valence-electron chi connectivity index (χ0n) is 24.7. The smallest absolute Gasteiger partial charge is 0.131 e. The largest absolute Gasteiger partial charge is 0.383 e. The Balaban J connectivity index is 1.60. The molecule has 0 saturated heterocycles. The minimum atomic E-state index is -1.82. The molecule has 1 aliphatic rings. The van der Waals surface area contributed by atoms with Gasteiger partial charge in [0, 0.05) is 35.6 Å². The molecule has 5 rings (SSSR count). The first-order valence-corrected chi connectivity index (χ1v) is 13.4. The van der Waals surface area contributed by atoms with Crippen molar-refractivity contribution < 1.29 is 14.5 Å². The maximum absolute atomic E-state index is 14.4. The van der Waals surface area contributed by atoms with E-state index < -0.39 is 23.5 Å². The molecule has 0 aliphatic carbocycles. The third-order valence-electron chi connectivity index (χ3n) is 6.69. The minimum Gasteiger partial charge on any atom is -0.383 e. The fourth-order valence-electron chi connectivity index (χ4n) is 4.56. The monoisotopic (exact) mass is 583 g/mol. The van der Waals surface area contributed by atoms with E-state index in [9.17, 15) is 25.1 Å². The number of nitrogens with zero attached hydrogens (tertiary/aromatic N) is 4. The topological polar surface area (TPSA) is 112 Å². The number of rotatable bonds is 8. The molecule has 0 spiro atoms. The number of hydrogen-bond donors (Lipinski definition) is 4. The van der Waals surface area contributed by atoms with Gasteiger partial charge in [0.2, 0.25) is 0 Å². The highest BCUT2D eigenvalue weighted by molar-refractivity contribution is 5.99. The highest BCUT2D eigenvalue weighted by atomic mass is 19.1. The molecule has 218 valence electrons. The van der Waals surface area contributed by atoms with Gasteiger partial charge in [-0.1, -0.05) is 39.0 Å². The van der Waals surface area contributed by atoms with Crippen LogP contribution in [0.2, 0.25) is 0 Å². The van der Waals surface area contributed by atoms with Crippen molar-refractivity contribution in [2.24, 2.45) is 5.41 Å². The van der Waals surface area contributed by atoms with Crippen LogP contribution in [0.5, 0.6) is 0 Å². The molecule has 2 heterocycles. The van der Waals surface area contributed by atoms with Crippen LogP contribution in [0, 0.1) is 45.5 Å². The molecular formula is C32H29F3N8. The number of nitriles is 2. The first kappa shape index (κ1) is 27.9. The number of fused-ring (bicyclic) bond motifs is 1. The molecule has 1 atom stereocenters. The van der Waals surface area contributed by atoms with E-state index in [0.717, 1.165) is 12.1 Å². The second kappa shape index (κ2) is 11.9. The maximum Gasteiger partial charge on any atom is 0.131 e. The first-order chi connectivity index (χ1) is 20.9. The van der Waals surface area contributed by atoms with Crippen molar-refractivity contribution in [3.05, 3.63) is 112 Å². The number of benzene rings is 3. The Morgan fingerprint density at radius 2 is 1.72 bits per heavy atom. The molecule has 4 aromatic rings. The summed E-state index contributed by atoms with van der Waals surface area (Å²) in [7, 11) is 0. The van der Waals surface area contributed by atoms with E-state index in [0.29, 0.717) is 39.9 Å². The predicted octanol–water partition coefficient (Wildman–Crippen LogP) is 6.37. The molecule has 43 heavy (non-hydrogen) atoms. The minimum absolute atomic E-state index is 0.125. The average Bonchev–Trinajstić information content (AvgIpc) is 3.46. The molecule has 3 aromatic carbocycles. The van der Waals surface area contributed by atoms with Gasteiger partial charge in [-0.2, -0.15) is 10.5 Å². The molecule has 0 amide bonds. The van der Waals surface area contributed by atoms with Gasteiger partial charge in [-0.3, -0.25) is 9.99 Å². The van der Waals surface area contributed by atoms with Crippen LogP contribution in [0.1, 0.15) is 50.4 Å². The molecule has 1 aromatic heterocycles. The van der Waals surface area contributed by atoms with Gasteiger partial charge in [-0.25, -0.2) is 13.2 Å². The normalized spacial score (nSPS) is 14.7. The van der Waals surface area contributed by atoms with Crippen molar-refractivity contribution >= 4 is 22.3 Å². The Hall–Kier alpha value is -5.26. The van der Waals surface area contributed by atoms with Gasteiger partial charge in [-0.15, -0.1) is 5.53 Å². The van der Waals surface area contributed by atoms with Crippen LogP contribution in [0.15, 0.2) is 72.7 Å². The van der Waals surface area contributed by atoms with Crippen LogP contribution in [0.25, 0.3) is 10.9 Å². The summed E-state index contributed by atoms with van der Waals surface area (Å²) in [5.41, 5.74) is 7.65. The summed E-state index contributed by atoms with van der Waals surface area (Å²) in [6, 6.07) is 14.6. The van der Waals surface area contributed by atoms with Gasteiger partial charge < -0.3 is 16.1 Å². The molecule has 8 nitrogen and oxygen atoms in total. The zero-order chi connectivity index (χ0) is 31.6. The standard InChI is InChI=1S/C32H29F3N8/c1-32(2,3)18-39-30-21(14-37)15-38-29-20(13-36)11-23(12-24(29)30)40-31(19-7-9-22(33)10-8-19)28-17-43(42-41-28)16-25-26(34)5-4-6-27(25)35/h4-12,15,17,31,40-42H,16,18H2,1-3H3,(H,38,39)/t31-/m1/s1/i31D. The van der Waals surface area contributed by atoms with E-state index >= 15 is 0 Å². The van der Waals surface area contributed by atoms with E-state index in [-0.39, 0.29) is 28.8 Å². The van der Waals surface area contributed by atoms with E-state index in [4.69, 9.17) is 0 Å². The molecule has 0 saturated carbocycles. The number of halogens is 3. The van der Waals surface area contributed by atoms with Gasteiger partial charge in [0.05, 0.1) is 42.0 Å². The van der Waals surface area contributed by atoms with Gasteiger partial charge in [0.15, 0.2) is 0 Å². The molecular weight excluding hydrogens is 553 g/mol. The van der Waals surface area contributed by atoms with Crippen LogP contribution in [-0.4, -0.2) is 16.5 Å². The van der Waals surface area contributed by atoms with Crippen molar-refractivity contribution in [3.63, 3.8) is 0 Å². The highest BCUT2D eigenvalue weighted by Gasteiger charge is 2.25. The Bertz CT molecular complexity index is 1820. The predicted molar refractivity (Wildman–Crippen MR) is 158 cm³/mol. The second-order valence-corrected chi connectivity index (χ2v) is 11.2. The van der Waals surface area contributed by atoms with Crippen molar-refractivity contribution in [2.75, 3.05) is 17.2 Å². The fraction of sp³-hybridized carbons (Fsp3) is 0.219. The average molecular weight is 584 g/mol. The van der Waals surface area contributed by atoms with Crippen molar-refractivity contribution in [1.82, 2.24) is 21.0 Å². The zero-order valence-corrected chi connectivity index (χ0v) is 23.7. The van der Waals surface area contributed by atoms with Gasteiger partial charge in [0.1, 0.15) is 29.6 Å². The number of pyridine rings is 1. The van der Waals surface area contributed by atoms with Crippen molar-refractivity contribution in [1.29, 1.82) is 10.5 Å².